The Morgan fingerprint density at radius 1 is 1.10 bits per heavy atom. The fraction of sp³-hybridized carbons (Fsp3) is 0.586. The van der Waals surface area contributed by atoms with Gasteiger partial charge >= 0.3 is 6.09 Å². The van der Waals surface area contributed by atoms with Crippen LogP contribution in [0.25, 0.3) is 0 Å². The molecule has 3 heterocycles. The van der Waals surface area contributed by atoms with Crippen molar-refractivity contribution in [1.82, 2.24) is 9.80 Å². The minimum Gasteiger partial charge on any atom is -0.493 e. The lowest BCUT2D eigenvalue weighted by Gasteiger charge is -2.33. The number of nitrogens with zero attached hydrogens (tertiary/aromatic N) is 3. The monoisotopic (exact) mass is 543 g/mol. The number of aliphatic imine (C=N–C) groups is 1. The summed E-state index contributed by atoms with van der Waals surface area (Å²) in [6, 6.07) is 4.19. The van der Waals surface area contributed by atoms with Crippen LogP contribution in [0, 0.1) is 11.7 Å². The molecule has 9 nitrogen and oxygen atoms in total. The van der Waals surface area contributed by atoms with Crippen molar-refractivity contribution in [3.8, 4) is 5.75 Å². The number of halogens is 1. The minimum atomic E-state index is -0.539. The van der Waals surface area contributed by atoms with Crippen molar-refractivity contribution in [3.05, 3.63) is 41.5 Å². The van der Waals surface area contributed by atoms with Gasteiger partial charge in [-0.25, -0.2) is 14.2 Å². The van der Waals surface area contributed by atoms with E-state index in [1.54, 1.807) is 11.0 Å². The summed E-state index contributed by atoms with van der Waals surface area (Å²) in [5, 5.41) is 0. The van der Waals surface area contributed by atoms with Crippen molar-refractivity contribution < 1.29 is 33.0 Å². The third-order valence-corrected chi connectivity index (χ3v) is 6.83. The van der Waals surface area contributed by atoms with Crippen LogP contribution in [-0.4, -0.2) is 84.8 Å². The number of hydrogen-bond acceptors (Lipinski definition) is 8. The molecule has 39 heavy (non-hydrogen) atoms. The van der Waals surface area contributed by atoms with Gasteiger partial charge in [0.05, 0.1) is 19.8 Å². The molecule has 0 spiro atoms. The van der Waals surface area contributed by atoms with Gasteiger partial charge in [-0.3, -0.25) is 9.59 Å². The maximum atomic E-state index is 14.1. The SMILES string of the molecule is CC(C)(C)OC(=O)N1CCC(COc2cc(F)ccc2CC(=O)CC2=NC(N3CCOCC3)=CC(=O)C2)CC1. The molecule has 0 aromatic heterocycles. The number of ether oxygens (including phenoxy) is 3. The van der Waals surface area contributed by atoms with Crippen LogP contribution in [0.15, 0.2) is 35.1 Å². The lowest BCUT2D eigenvalue weighted by molar-refractivity contribution is -0.117. The Labute approximate surface area is 229 Å². The van der Waals surface area contributed by atoms with Crippen LogP contribution in [-0.2, 0) is 25.5 Å². The number of benzene rings is 1. The third kappa shape index (κ3) is 8.61. The number of Topliss-reactive ketones (excluding diaryl/α,β-unsaturated/α-hetero) is 1. The first-order valence-electron chi connectivity index (χ1n) is 13.6. The van der Waals surface area contributed by atoms with Gasteiger partial charge in [0, 0.05) is 68.9 Å². The van der Waals surface area contributed by atoms with E-state index in [0.717, 1.165) is 12.8 Å². The largest absolute Gasteiger partial charge is 0.493 e. The average molecular weight is 544 g/mol. The number of hydrogen-bond donors (Lipinski definition) is 0. The van der Waals surface area contributed by atoms with E-state index in [4.69, 9.17) is 14.2 Å². The maximum Gasteiger partial charge on any atom is 0.410 e. The Kier molecular flexibility index (Phi) is 9.37. The number of allylic oxidation sites excluding steroid dienone is 1. The Morgan fingerprint density at radius 3 is 2.51 bits per heavy atom. The van der Waals surface area contributed by atoms with E-state index in [-0.39, 0.29) is 42.8 Å². The Balaban J connectivity index is 1.31. The third-order valence-electron chi connectivity index (χ3n) is 6.83. The van der Waals surface area contributed by atoms with Gasteiger partial charge in [0.2, 0.25) is 0 Å². The highest BCUT2D eigenvalue weighted by Gasteiger charge is 2.27. The average Bonchev–Trinajstić information content (AvgIpc) is 2.88. The molecule has 2 saturated heterocycles. The summed E-state index contributed by atoms with van der Waals surface area (Å²) < 4.78 is 30.9. The Hall–Kier alpha value is -3.27. The second kappa shape index (κ2) is 12.7. The number of carbonyl (C=O) groups is 3. The van der Waals surface area contributed by atoms with E-state index < -0.39 is 11.4 Å². The molecule has 2 fully saturated rings. The molecular weight excluding hydrogens is 505 g/mol. The molecular formula is C29H38FN3O6. The predicted molar refractivity (Wildman–Crippen MR) is 143 cm³/mol. The molecule has 0 unspecified atom stereocenters. The summed E-state index contributed by atoms with van der Waals surface area (Å²) in [5.74, 6) is 0.492. The predicted octanol–water partition coefficient (Wildman–Crippen LogP) is 3.94. The first-order valence-corrected chi connectivity index (χ1v) is 13.6. The van der Waals surface area contributed by atoms with Gasteiger partial charge in [-0.05, 0) is 45.6 Å². The van der Waals surface area contributed by atoms with Crippen LogP contribution in [0.3, 0.4) is 0 Å². The first-order chi connectivity index (χ1) is 18.6. The van der Waals surface area contributed by atoms with Gasteiger partial charge < -0.3 is 24.0 Å². The summed E-state index contributed by atoms with van der Waals surface area (Å²) in [6.45, 7) is 9.48. The van der Waals surface area contributed by atoms with Crippen molar-refractivity contribution in [2.24, 2.45) is 10.9 Å². The second-order valence-corrected chi connectivity index (χ2v) is 11.3. The zero-order valence-corrected chi connectivity index (χ0v) is 23.0. The molecule has 1 amide bonds. The normalized spacial score (nSPS) is 18.9. The Morgan fingerprint density at radius 2 is 1.82 bits per heavy atom. The molecule has 0 bridgehead atoms. The van der Waals surface area contributed by atoms with Crippen molar-refractivity contribution in [2.45, 2.75) is 58.5 Å². The fourth-order valence-corrected chi connectivity index (χ4v) is 4.81. The van der Waals surface area contributed by atoms with Crippen molar-refractivity contribution in [2.75, 3.05) is 46.0 Å². The van der Waals surface area contributed by atoms with Crippen LogP contribution >= 0.6 is 0 Å². The second-order valence-electron chi connectivity index (χ2n) is 11.3. The first kappa shape index (κ1) is 28.7. The maximum absolute atomic E-state index is 14.1. The number of likely N-dealkylation sites (tertiary alicyclic amines) is 1. The number of amides is 1. The van der Waals surface area contributed by atoms with Gasteiger partial charge in [0.15, 0.2) is 5.78 Å². The van der Waals surface area contributed by atoms with E-state index in [9.17, 15) is 18.8 Å². The van der Waals surface area contributed by atoms with Gasteiger partial charge in [0.25, 0.3) is 0 Å². The topological polar surface area (TPSA) is 97.7 Å². The lowest BCUT2D eigenvalue weighted by Crippen LogP contribution is -2.42. The Bertz CT molecular complexity index is 1130. The quantitative estimate of drug-likeness (QED) is 0.490. The number of carbonyl (C=O) groups excluding carboxylic acids is 3. The number of morpholine rings is 1. The molecule has 0 aliphatic carbocycles. The lowest BCUT2D eigenvalue weighted by atomic mass is 9.98. The molecule has 3 aliphatic heterocycles. The van der Waals surface area contributed by atoms with Gasteiger partial charge in [-0.2, -0.15) is 0 Å². The van der Waals surface area contributed by atoms with E-state index >= 15 is 0 Å². The molecule has 212 valence electrons. The van der Waals surface area contributed by atoms with E-state index in [1.165, 1.54) is 18.2 Å². The molecule has 3 aliphatic rings. The molecule has 10 heteroatoms. The summed E-state index contributed by atoms with van der Waals surface area (Å²) in [5.41, 5.74) is 0.595. The highest BCUT2D eigenvalue weighted by molar-refractivity contribution is 6.14. The minimum absolute atomic E-state index is 0.0490. The molecule has 1 aromatic rings. The van der Waals surface area contributed by atoms with Crippen molar-refractivity contribution in [3.63, 3.8) is 0 Å². The highest BCUT2D eigenvalue weighted by Crippen LogP contribution is 2.26. The van der Waals surface area contributed by atoms with Gasteiger partial charge in [-0.1, -0.05) is 6.07 Å². The highest BCUT2D eigenvalue weighted by atomic mass is 19.1. The molecule has 1 aromatic carbocycles. The fourth-order valence-electron chi connectivity index (χ4n) is 4.81. The molecule has 0 atom stereocenters. The summed E-state index contributed by atoms with van der Waals surface area (Å²) in [6.07, 6.45) is 2.93. The van der Waals surface area contributed by atoms with Crippen LogP contribution in [0.2, 0.25) is 0 Å². The van der Waals surface area contributed by atoms with Crippen LogP contribution in [0.4, 0.5) is 9.18 Å². The molecule has 0 radical (unpaired) electrons. The molecule has 0 N–H and O–H groups in total. The number of rotatable bonds is 8. The van der Waals surface area contributed by atoms with Crippen molar-refractivity contribution in [1.29, 1.82) is 0 Å². The smallest absolute Gasteiger partial charge is 0.410 e. The van der Waals surface area contributed by atoms with Crippen LogP contribution < -0.4 is 4.74 Å². The molecule has 0 saturated carbocycles. The summed E-state index contributed by atoms with van der Waals surface area (Å²) >= 11 is 0. The van der Waals surface area contributed by atoms with Gasteiger partial charge in [0.1, 0.15) is 28.8 Å². The van der Waals surface area contributed by atoms with Crippen LogP contribution in [0.5, 0.6) is 5.75 Å². The zero-order chi connectivity index (χ0) is 28.0. The van der Waals surface area contributed by atoms with Crippen LogP contribution in [0.1, 0.15) is 52.0 Å². The van der Waals surface area contributed by atoms with E-state index in [0.29, 0.717) is 68.8 Å². The standard InChI is InChI=1S/C29H38FN3O6/c1-29(2,3)39-28(36)33-8-6-20(7-9-33)19-38-26-15-22(30)5-4-21(26)14-24(34)16-23-17-25(35)18-27(31-23)32-10-12-37-13-11-32/h4-5,15,18,20H,6-14,16-17,19H2,1-3H3. The van der Waals surface area contributed by atoms with E-state index in [2.05, 4.69) is 4.99 Å². The van der Waals surface area contributed by atoms with E-state index in [1.807, 2.05) is 25.7 Å². The molecule has 4 rings (SSSR count). The number of piperidine rings is 1. The number of ketones is 2. The summed E-state index contributed by atoms with van der Waals surface area (Å²) in [4.78, 5) is 45.9. The van der Waals surface area contributed by atoms with Gasteiger partial charge in [-0.15, -0.1) is 0 Å². The summed E-state index contributed by atoms with van der Waals surface area (Å²) in [7, 11) is 0. The zero-order valence-electron chi connectivity index (χ0n) is 23.0. The van der Waals surface area contributed by atoms with Crippen molar-refractivity contribution >= 4 is 23.4 Å².